The summed E-state index contributed by atoms with van der Waals surface area (Å²) >= 11 is 0. The van der Waals surface area contributed by atoms with Crippen LogP contribution in [0.15, 0.2) is 54.6 Å². The summed E-state index contributed by atoms with van der Waals surface area (Å²) in [5.74, 6) is -1.24. The number of nitrogens with two attached hydrogens (primary N) is 1. The number of benzene rings is 2. The van der Waals surface area contributed by atoms with Crippen molar-refractivity contribution in [3.8, 4) is 11.4 Å². The number of alkyl halides is 3. The Kier molecular flexibility index (Phi) is 7.71. The van der Waals surface area contributed by atoms with Crippen LogP contribution < -0.4 is 15.4 Å². The highest BCUT2D eigenvalue weighted by Gasteiger charge is 2.36. The van der Waals surface area contributed by atoms with Crippen LogP contribution in [-0.4, -0.2) is 39.4 Å². The van der Waals surface area contributed by atoms with E-state index in [-0.39, 0.29) is 30.4 Å². The van der Waals surface area contributed by atoms with Gasteiger partial charge in [-0.1, -0.05) is 18.2 Å². The van der Waals surface area contributed by atoms with Crippen molar-refractivity contribution in [1.29, 1.82) is 0 Å². The first-order valence-corrected chi connectivity index (χ1v) is 10.4. The van der Waals surface area contributed by atoms with Crippen molar-refractivity contribution in [2.45, 2.75) is 31.7 Å². The second-order valence-corrected chi connectivity index (χ2v) is 7.79. The number of hydrogen-bond acceptors (Lipinski definition) is 5. The molecule has 0 spiro atoms. The largest absolute Gasteiger partial charge is 0.487 e. The van der Waals surface area contributed by atoms with Crippen molar-refractivity contribution in [2.75, 3.05) is 11.4 Å². The van der Waals surface area contributed by atoms with Crippen molar-refractivity contribution in [2.24, 2.45) is 5.73 Å². The lowest BCUT2D eigenvalue weighted by Gasteiger charge is -2.20. The summed E-state index contributed by atoms with van der Waals surface area (Å²) < 4.78 is 47.1. The molecule has 0 bridgehead atoms. The number of anilines is 1. The standard InChI is InChI=1S/C23H21F3N4O4.ClH/c24-23(25,26)20-11-15(28-30(20)16-4-2-1-3-5-16)13-34-17-6-7-19-14(10-17)8-9-29(19)22(33)18(27)12-21(31)32;/h1-7,10-11,18H,8-9,12-13,27H2,(H,31,32);1H/t18-;/m1./s1. The quantitative estimate of drug-likeness (QED) is 0.502. The first-order chi connectivity index (χ1) is 16.1. The first kappa shape index (κ1) is 26.0. The number of para-hydroxylation sites is 1. The Morgan fingerprint density at radius 2 is 1.86 bits per heavy atom. The van der Waals surface area contributed by atoms with E-state index in [0.717, 1.165) is 16.3 Å². The van der Waals surface area contributed by atoms with Crippen LogP contribution in [0, 0.1) is 0 Å². The topological polar surface area (TPSA) is 111 Å². The molecule has 186 valence electrons. The van der Waals surface area contributed by atoms with Gasteiger partial charge in [0.25, 0.3) is 0 Å². The maximum atomic E-state index is 13.5. The molecule has 0 aliphatic carbocycles. The third-order valence-electron chi connectivity index (χ3n) is 5.36. The van der Waals surface area contributed by atoms with Crippen molar-refractivity contribution in [3.63, 3.8) is 0 Å². The van der Waals surface area contributed by atoms with Gasteiger partial charge in [0.15, 0.2) is 0 Å². The lowest BCUT2D eigenvalue weighted by molar-refractivity contribution is -0.143. The minimum atomic E-state index is -4.59. The lowest BCUT2D eigenvalue weighted by atomic mass is 10.1. The van der Waals surface area contributed by atoms with Crippen molar-refractivity contribution >= 4 is 30.0 Å². The van der Waals surface area contributed by atoms with Crippen LogP contribution in [0.1, 0.15) is 23.4 Å². The number of amides is 1. The molecule has 1 aromatic heterocycles. The zero-order valence-corrected chi connectivity index (χ0v) is 19.1. The van der Waals surface area contributed by atoms with Gasteiger partial charge in [-0.3, -0.25) is 9.59 Å². The number of carbonyl (C=O) groups is 2. The summed E-state index contributed by atoms with van der Waals surface area (Å²) in [6.45, 7) is 0.162. The Bertz CT molecular complexity index is 1220. The lowest BCUT2D eigenvalue weighted by Crippen LogP contribution is -2.44. The van der Waals surface area contributed by atoms with Gasteiger partial charge in [0.05, 0.1) is 18.2 Å². The molecule has 0 unspecified atom stereocenters. The van der Waals surface area contributed by atoms with Crippen LogP contribution in [0.2, 0.25) is 0 Å². The molecule has 4 rings (SSSR count). The van der Waals surface area contributed by atoms with Crippen LogP contribution in [0.5, 0.6) is 5.75 Å². The molecule has 1 aliphatic heterocycles. The fourth-order valence-electron chi connectivity index (χ4n) is 3.80. The Hall–Kier alpha value is -3.57. The van der Waals surface area contributed by atoms with Crippen LogP contribution >= 0.6 is 12.4 Å². The minimum Gasteiger partial charge on any atom is -0.487 e. The molecule has 12 heteroatoms. The van der Waals surface area contributed by atoms with E-state index in [1.54, 1.807) is 36.4 Å². The van der Waals surface area contributed by atoms with Crippen molar-refractivity contribution in [1.82, 2.24) is 9.78 Å². The Balaban J connectivity index is 0.00000342. The van der Waals surface area contributed by atoms with E-state index in [1.807, 2.05) is 0 Å². The zero-order chi connectivity index (χ0) is 24.5. The summed E-state index contributed by atoms with van der Waals surface area (Å²) in [7, 11) is 0. The molecule has 1 amide bonds. The molecule has 1 aliphatic rings. The maximum Gasteiger partial charge on any atom is 0.433 e. The van der Waals surface area contributed by atoms with Gasteiger partial charge < -0.3 is 20.5 Å². The highest BCUT2D eigenvalue weighted by Crippen LogP contribution is 2.34. The molecule has 0 radical (unpaired) electrons. The second-order valence-electron chi connectivity index (χ2n) is 7.79. The Morgan fingerprint density at radius 1 is 1.14 bits per heavy atom. The fourth-order valence-corrected chi connectivity index (χ4v) is 3.80. The van der Waals surface area contributed by atoms with Gasteiger partial charge in [-0.25, -0.2) is 4.68 Å². The first-order valence-electron chi connectivity index (χ1n) is 10.4. The smallest absolute Gasteiger partial charge is 0.433 e. The fraction of sp³-hybridized carbons (Fsp3) is 0.261. The third kappa shape index (κ3) is 5.75. The van der Waals surface area contributed by atoms with Crippen LogP contribution in [0.3, 0.4) is 0 Å². The molecule has 1 atom stereocenters. The predicted molar refractivity (Wildman–Crippen MR) is 123 cm³/mol. The van der Waals surface area contributed by atoms with E-state index in [0.29, 0.717) is 24.4 Å². The monoisotopic (exact) mass is 510 g/mol. The number of nitrogens with zero attached hydrogens (tertiary/aromatic N) is 3. The summed E-state index contributed by atoms with van der Waals surface area (Å²) in [6, 6.07) is 12.7. The number of aliphatic carboxylic acids is 1. The van der Waals surface area contributed by atoms with E-state index >= 15 is 0 Å². The number of ether oxygens (including phenoxy) is 1. The number of hydrogen-bond donors (Lipinski definition) is 2. The summed E-state index contributed by atoms with van der Waals surface area (Å²) in [5.41, 5.74) is 6.57. The zero-order valence-electron chi connectivity index (χ0n) is 18.2. The minimum absolute atomic E-state index is 0. The summed E-state index contributed by atoms with van der Waals surface area (Å²) in [5, 5.41) is 12.9. The highest BCUT2D eigenvalue weighted by atomic mass is 35.5. The van der Waals surface area contributed by atoms with Gasteiger partial charge in [-0.15, -0.1) is 12.4 Å². The molecule has 35 heavy (non-hydrogen) atoms. The molecule has 8 nitrogen and oxygen atoms in total. The van der Waals surface area contributed by atoms with Gasteiger partial charge in [0.2, 0.25) is 5.91 Å². The van der Waals surface area contributed by atoms with Crippen LogP contribution in [-0.2, 0) is 28.8 Å². The van der Waals surface area contributed by atoms with Gasteiger partial charge >= 0.3 is 12.1 Å². The third-order valence-corrected chi connectivity index (χ3v) is 5.36. The van der Waals surface area contributed by atoms with E-state index < -0.39 is 36.2 Å². The number of rotatable bonds is 7. The molecule has 0 saturated carbocycles. The van der Waals surface area contributed by atoms with Gasteiger partial charge in [0.1, 0.15) is 23.7 Å². The van der Waals surface area contributed by atoms with E-state index in [2.05, 4.69) is 5.10 Å². The molecular weight excluding hydrogens is 489 g/mol. The van der Waals surface area contributed by atoms with Gasteiger partial charge in [-0.2, -0.15) is 18.3 Å². The summed E-state index contributed by atoms with van der Waals surface area (Å²) in [4.78, 5) is 24.7. The number of aromatic nitrogens is 2. The number of fused-ring (bicyclic) bond motifs is 1. The number of halogens is 4. The molecule has 2 heterocycles. The average molecular weight is 511 g/mol. The highest BCUT2D eigenvalue weighted by molar-refractivity contribution is 6.00. The van der Waals surface area contributed by atoms with Gasteiger partial charge in [0, 0.05) is 12.2 Å². The molecule has 0 saturated heterocycles. The van der Waals surface area contributed by atoms with Crippen LogP contribution in [0.25, 0.3) is 5.69 Å². The van der Waals surface area contributed by atoms with E-state index in [9.17, 15) is 22.8 Å². The van der Waals surface area contributed by atoms with Gasteiger partial charge in [-0.05, 0) is 48.4 Å². The normalized spacial score (nSPS) is 13.7. The summed E-state index contributed by atoms with van der Waals surface area (Å²) in [6.07, 6.45) is -4.55. The number of carboxylic acids is 1. The molecule has 3 N–H and O–H groups in total. The SMILES string of the molecule is Cl.N[C@H](CC(=O)O)C(=O)N1CCc2cc(OCc3cc(C(F)(F)F)n(-c4ccccc4)n3)ccc21. The number of carbonyl (C=O) groups excluding carboxylic acids is 1. The molecule has 0 fully saturated rings. The van der Waals surface area contributed by atoms with Crippen molar-refractivity contribution in [3.05, 3.63) is 71.5 Å². The second kappa shape index (κ2) is 10.4. The Morgan fingerprint density at radius 3 is 2.51 bits per heavy atom. The van der Waals surface area contributed by atoms with Crippen molar-refractivity contribution < 1.29 is 32.6 Å². The predicted octanol–water partition coefficient (Wildman–Crippen LogP) is 3.58. The molecular formula is C23H22ClF3N4O4. The average Bonchev–Trinajstić information content (AvgIpc) is 3.41. The molecule has 3 aromatic rings. The van der Waals surface area contributed by atoms with E-state index in [4.69, 9.17) is 15.6 Å². The maximum absolute atomic E-state index is 13.5. The van der Waals surface area contributed by atoms with E-state index in [1.165, 1.54) is 17.0 Å². The number of carboxylic acid groups (broad SMARTS) is 1. The molecule has 2 aromatic carbocycles. The Labute approximate surface area is 204 Å². The van der Waals surface area contributed by atoms with Crippen LogP contribution in [0.4, 0.5) is 18.9 Å².